The van der Waals surface area contributed by atoms with E-state index in [1.807, 2.05) is 19.6 Å². The molecule has 0 radical (unpaired) electrons. The van der Waals surface area contributed by atoms with Crippen LogP contribution in [0, 0.1) is 5.92 Å². The highest BCUT2D eigenvalue weighted by molar-refractivity contribution is 14.0. The van der Waals surface area contributed by atoms with E-state index in [-0.39, 0.29) is 24.0 Å². The van der Waals surface area contributed by atoms with E-state index in [0.29, 0.717) is 30.3 Å². The molecule has 158 valence electrons. The van der Waals surface area contributed by atoms with Gasteiger partial charge in [-0.15, -0.1) is 24.0 Å². The average Bonchev–Trinajstić information content (AvgIpc) is 3.35. The van der Waals surface area contributed by atoms with Crippen LogP contribution in [-0.4, -0.2) is 70.5 Å². The van der Waals surface area contributed by atoms with Crippen molar-refractivity contribution < 1.29 is 4.79 Å². The molecule has 1 amide bonds. The molecular formula is C20H35IN6O. The van der Waals surface area contributed by atoms with E-state index in [1.54, 1.807) is 0 Å². The van der Waals surface area contributed by atoms with Crippen LogP contribution in [0.4, 0.5) is 0 Å². The molecule has 3 unspecified atom stereocenters. The highest BCUT2D eigenvalue weighted by Gasteiger charge is 2.29. The van der Waals surface area contributed by atoms with Gasteiger partial charge in [-0.1, -0.05) is 13.8 Å². The number of nitrogens with one attached hydrogen (secondary N) is 1. The normalized spacial score (nSPS) is 24.2. The van der Waals surface area contributed by atoms with E-state index in [2.05, 4.69) is 49.7 Å². The number of hydrogen-bond donors (Lipinski definition) is 1. The lowest BCUT2D eigenvalue weighted by Crippen LogP contribution is -2.49. The average molecular weight is 502 g/mol. The van der Waals surface area contributed by atoms with E-state index in [0.717, 1.165) is 57.8 Å². The zero-order valence-electron chi connectivity index (χ0n) is 17.4. The van der Waals surface area contributed by atoms with Gasteiger partial charge in [0.25, 0.3) is 0 Å². The molecule has 0 aliphatic carbocycles. The lowest BCUT2D eigenvalue weighted by Gasteiger charge is -2.39. The van der Waals surface area contributed by atoms with Crippen molar-refractivity contribution in [3.8, 4) is 0 Å². The summed E-state index contributed by atoms with van der Waals surface area (Å²) in [6.45, 7) is 8.22. The van der Waals surface area contributed by atoms with Gasteiger partial charge in [0.2, 0.25) is 5.91 Å². The third-order valence-electron chi connectivity index (χ3n) is 6.12. The van der Waals surface area contributed by atoms with Crippen molar-refractivity contribution in [2.24, 2.45) is 10.9 Å². The highest BCUT2D eigenvalue weighted by atomic mass is 127. The molecule has 0 spiro atoms. The summed E-state index contributed by atoms with van der Waals surface area (Å²) in [6, 6.07) is 0.760. The zero-order valence-corrected chi connectivity index (χ0v) is 19.7. The van der Waals surface area contributed by atoms with Crippen molar-refractivity contribution in [1.29, 1.82) is 0 Å². The molecule has 1 aromatic heterocycles. The van der Waals surface area contributed by atoms with Gasteiger partial charge in [-0.2, -0.15) is 0 Å². The SMILES string of the molecule is CCC(CCNC(=NC)N1CCC(C)C(n2ccnc2)C1)N1CCCC1=O.I. The van der Waals surface area contributed by atoms with E-state index in [9.17, 15) is 4.79 Å². The summed E-state index contributed by atoms with van der Waals surface area (Å²) in [5.74, 6) is 1.91. The number of guanidine groups is 1. The number of aliphatic imine (C=N–C) groups is 1. The maximum absolute atomic E-state index is 12.0. The van der Waals surface area contributed by atoms with Gasteiger partial charge in [-0.25, -0.2) is 4.98 Å². The zero-order chi connectivity index (χ0) is 19.2. The quantitative estimate of drug-likeness (QED) is 0.369. The number of likely N-dealkylation sites (tertiary alicyclic amines) is 2. The Morgan fingerprint density at radius 3 is 2.86 bits per heavy atom. The molecule has 3 rings (SSSR count). The number of amides is 1. The Bertz CT molecular complexity index is 635. The summed E-state index contributed by atoms with van der Waals surface area (Å²) >= 11 is 0. The molecule has 3 atom stereocenters. The first kappa shape index (κ1) is 23.0. The molecule has 1 aromatic rings. The minimum Gasteiger partial charge on any atom is -0.356 e. The number of aromatic nitrogens is 2. The van der Waals surface area contributed by atoms with Crippen LogP contribution in [0.5, 0.6) is 0 Å². The number of carbonyl (C=O) groups excluding carboxylic acids is 1. The summed E-state index contributed by atoms with van der Waals surface area (Å²) in [5, 5.41) is 3.54. The van der Waals surface area contributed by atoms with E-state index in [4.69, 9.17) is 0 Å². The van der Waals surface area contributed by atoms with Crippen molar-refractivity contribution in [2.75, 3.05) is 33.2 Å². The molecule has 0 saturated carbocycles. The standard InChI is InChI=1S/C20H34N6O.HI/c1-4-17(26-11-5-6-19(26)27)7-9-23-20(21-3)24-12-8-16(2)18(14-24)25-13-10-22-15-25;/h10,13,15-18H,4-9,11-12,14H2,1-3H3,(H,21,23);1H. The van der Waals surface area contributed by atoms with Crippen LogP contribution < -0.4 is 5.32 Å². The lowest BCUT2D eigenvalue weighted by atomic mass is 9.93. The smallest absolute Gasteiger partial charge is 0.222 e. The van der Waals surface area contributed by atoms with Crippen molar-refractivity contribution in [3.63, 3.8) is 0 Å². The van der Waals surface area contributed by atoms with Crippen LogP contribution in [0.3, 0.4) is 0 Å². The van der Waals surface area contributed by atoms with Gasteiger partial charge in [0.05, 0.1) is 12.4 Å². The summed E-state index contributed by atoms with van der Waals surface area (Å²) in [4.78, 5) is 25.2. The summed E-state index contributed by atoms with van der Waals surface area (Å²) in [6.07, 6.45) is 10.7. The van der Waals surface area contributed by atoms with Crippen LogP contribution in [0.25, 0.3) is 0 Å². The first-order valence-electron chi connectivity index (χ1n) is 10.4. The van der Waals surface area contributed by atoms with Crippen molar-refractivity contribution in [3.05, 3.63) is 18.7 Å². The largest absolute Gasteiger partial charge is 0.356 e. The van der Waals surface area contributed by atoms with Crippen LogP contribution in [0.1, 0.15) is 52.0 Å². The maximum Gasteiger partial charge on any atom is 0.222 e. The summed E-state index contributed by atoms with van der Waals surface area (Å²) in [5.41, 5.74) is 0. The molecule has 28 heavy (non-hydrogen) atoms. The molecule has 8 heteroatoms. The molecule has 3 heterocycles. The number of piperidine rings is 1. The fourth-order valence-electron chi connectivity index (χ4n) is 4.41. The molecular weight excluding hydrogens is 467 g/mol. The van der Waals surface area contributed by atoms with Crippen LogP contribution in [-0.2, 0) is 4.79 Å². The molecule has 1 N–H and O–H groups in total. The molecule has 2 aliphatic heterocycles. The van der Waals surface area contributed by atoms with Crippen molar-refractivity contribution >= 4 is 35.8 Å². The van der Waals surface area contributed by atoms with Gasteiger partial charge in [0.1, 0.15) is 0 Å². The predicted molar refractivity (Wildman–Crippen MR) is 123 cm³/mol. The fraction of sp³-hybridized carbons (Fsp3) is 0.750. The molecule has 7 nitrogen and oxygen atoms in total. The van der Waals surface area contributed by atoms with Gasteiger partial charge in [0.15, 0.2) is 5.96 Å². The van der Waals surface area contributed by atoms with E-state index >= 15 is 0 Å². The first-order chi connectivity index (χ1) is 13.1. The minimum absolute atomic E-state index is 0. The number of halogens is 1. The molecule has 2 fully saturated rings. The van der Waals surface area contributed by atoms with Gasteiger partial charge in [0, 0.05) is 58.1 Å². The summed E-state index contributed by atoms with van der Waals surface area (Å²) < 4.78 is 2.22. The number of hydrogen-bond acceptors (Lipinski definition) is 3. The Morgan fingerprint density at radius 2 is 2.25 bits per heavy atom. The number of imidazole rings is 1. The van der Waals surface area contributed by atoms with Gasteiger partial charge in [-0.05, 0) is 31.6 Å². The van der Waals surface area contributed by atoms with Gasteiger partial charge < -0.3 is 19.7 Å². The van der Waals surface area contributed by atoms with E-state index < -0.39 is 0 Å². The Labute approximate surface area is 186 Å². The predicted octanol–water partition coefficient (Wildman–Crippen LogP) is 2.75. The second-order valence-electron chi connectivity index (χ2n) is 7.80. The number of nitrogens with zero attached hydrogens (tertiary/aromatic N) is 5. The number of rotatable bonds is 6. The molecule has 0 aromatic carbocycles. The number of carbonyl (C=O) groups is 1. The Balaban J connectivity index is 0.00000280. The minimum atomic E-state index is 0. The molecule has 0 bridgehead atoms. The Hall–Kier alpha value is -1.32. The van der Waals surface area contributed by atoms with Crippen LogP contribution in [0.15, 0.2) is 23.7 Å². The third-order valence-corrected chi connectivity index (χ3v) is 6.12. The maximum atomic E-state index is 12.0. The Morgan fingerprint density at radius 1 is 1.43 bits per heavy atom. The topological polar surface area (TPSA) is 65.8 Å². The highest BCUT2D eigenvalue weighted by Crippen LogP contribution is 2.27. The van der Waals surface area contributed by atoms with Crippen LogP contribution in [0.2, 0.25) is 0 Å². The second kappa shape index (κ2) is 11.0. The third kappa shape index (κ3) is 5.39. The van der Waals surface area contributed by atoms with Gasteiger partial charge >= 0.3 is 0 Å². The molecule has 2 aliphatic rings. The monoisotopic (exact) mass is 502 g/mol. The first-order valence-corrected chi connectivity index (χ1v) is 10.4. The Kier molecular flexibility index (Phi) is 9.04. The molecule has 2 saturated heterocycles. The van der Waals surface area contributed by atoms with Crippen molar-refractivity contribution in [2.45, 2.75) is 58.0 Å². The van der Waals surface area contributed by atoms with Crippen LogP contribution >= 0.6 is 24.0 Å². The second-order valence-corrected chi connectivity index (χ2v) is 7.80. The van der Waals surface area contributed by atoms with Gasteiger partial charge in [-0.3, -0.25) is 9.79 Å². The summed E-state index contributed by atoms with van der Waals surface area (Å²) in [7, 11) is 1.86. The van der Waals surface area contributed by atoms with Crippen molar-refractivity contribution in [1.82, 2.24) is 24.7 Å². The lowest BCUT2D eigenvalue weighted by molar-refractivity contribution is -0.129. The fourth-order valence-corrected chi connectivity index (χ4v) is 4.41. The van der Waals surface area contributed by atoms with E-state index in [1.165, 1.54) is 0 Å².